The Morgan fingerprint density at radius 3 is 2.42 bits per heavy atom. The third-order valence-electron chi connectivity index (χ3n) is 3.24. The van der Waals surface area contributed by atoms with Crippen LogP contribution in [0, 0.1) is 17.8 Å². The molecule has 0 amide bonds. The van der Waals surface area contributed by atoms with Gasteiger partial charge in [0.15, 0.2) is 0 Å². The number of alkyl halides is 1. The highest BCUT2D eigenvalue weighted by Crippen LogP contribution is 2.38. The number of hydrogen-bond acceptors (Lipinski definition) is 2. The van der Waals surface area contributed by atoms with Crippen LogP contribution in [0.4, 0.5) is 0 Å². The molecule has 3 heteroatoms. The molecule has 2 fully saturated rings. The van der Waals surface area contributed by atoms with Crippen molar-refractivity contribution in [2.75, 3.05) is 18.4 Å². The zero-order valence-electron chi connectivity index (χ0n) is 7.05. The lowest BCUT2D eigenvalue weighted by atomic mass is 10.0. The predicted octanol–water partition coefficient (Wildman–Crippen LogP) is 1.20. The topological polar surface area (TPSA) is 29.1 Å². The van der Waals surface area contributed by atoms with Gasteiger partial charge in [-0.05, 0) is 37.8 Å². The van der Waals surface area contributed by atoms with E-state index in [0.717, 1.165) is 37.8 Å². The maximum absolute atomic E-state index is 11.4. The molecule has 0 bridgehead atoms. The minimum atomic E-state index is 0.362. The van der Waals surface area contributed by atoms with E-state index in [0.29, 0.717) is 17.0 Å². The van der Waals surface area contributed by atoms with Gasteiger partial charge >= 0.3 is 0 Å². The second-order valence-corrected chi connectivity index (χ2v) is 4.51. The summed E-state index contributed by atoms with van der Waals surface area (Å²) in [6.45, 7) is 2.27. The molecule has 0 aromatic rings. The molecule has 0 aromatic carbocycles. The lowest BCUT2D eigenvalue weighted by molar-refractivity contribution is -0.120. The first-order valence-corrected chi connectivity index (χ1v) is 5.73. The molecule has 1 aliphatic carbocycles. The van der Waals surface area contributed by atoms with E-state index in [4.69, 9.17) is 0 Å². The molecule has 2 rings (SSSR count). The number of carbonyl (C=O) groups excluding carboxylic acids is 1. The van der Waals surface area contributed by atoms with E-state index >= 15 is 0 Å². The van der Waals surface area contributed by atoms with Gasteiger partial charge in [-0.25, -0.2) is 0 Å². The summed E-state index contributed by atoms with van der Waals surface area (Å²) in [6, 6.07) is 0. The van der Waals surface area contributed by atoms with Crippen molar-refractivity contribution < 1.29 is 4.79 Å². The number of nitrogens with one attached hydrogen (secondary N) is 1. The van der Waals surface area contributed by atoms with Gasteiger partial charge in [0.1, 0.15) is 5.78 Å². The van der Waals surface area contributed by atoms with E-state index in [2.05, 4.69) is 21.2 Å². The van der Waals surface area contributed by atoms with Gasteiger partial charge in [0, 0.05) is 5.92 Å². The first-order valence-electron chi connectivity index (χ1n) is 4.60. The van der Waals surface area contributed by atoms with Crippen molar-refractivity contribution in [1.29, 1.82) is 0 Å². The summed E-state index contributed by atoms with van der Waals surface area (Å²) in [4.78, 5) is 11.4. The number of rotatable bonds is 2. The van der Waals surface area contributed by atoms with Crippen molar-refractivity contribution in [3.05, 3.63) is 0 Å². The summed E-state index contributed by atoms with van der Waals surface area (Å²) in [7, 11) is 0. The Morgan fingerprint density at radius 1 is 1.33 bits per heavy atom. The number of ketones is 1. The van der Waals surface area contributed by atoms with Crippen LogP contribution in [0.25, 0.3) is 0 Å². The van der Waals surface area contributed by atoms with Crippen LogP contribution in [0.3, 0.4) is 0 Å². The van der Waals surface area contributed by atoms with Crippen molar-refractivity contribution in [2.45, 2.75) is 12.8 Å². The largest absolute Gasteiger partial charge is 0.316 e. The van der Waals surface area contributed by atoms with Crippen LogP contribution in [-0.2, 0) is 4.79 Å². The smallest absolute Gasteiger partial charge is 0.146 e. The van der Waals surface area contributed by atoms with Crippen LogP contribution in [0.15, 0.2) is 0 Å². The summed E-state index contributed by atoms with van der Waals surface area (Å²) in [5, 5.41) is 3.92. The summed E-state index contributed by atoms with van der Waals surface area (Å²) in [6.07, 6.45) is 2.25. The van der Waals surface area contributed by atoms with Crippen LogP contribution in [0.1, 0.15) is 12.8 Å². The maximum Gasteiger partial charge on any atom is 0.146 e. The average Bonchev–Trinajstić information content (AvgIpc) is 2.60. The van der Waals surface area contributed by atoms with Crippen LogP contribution in [0.5, 0.6) is 0 Å². The Kier molecular flexibility index (Phi) is 2.51. The first kappa shape index (κ1) is 8.70. The van der Waals surface area contributed by atoms with Crippen molar-refractivity contribution in [2.24, 2.45) is 17.8 Å². The molecular formula is C9H14BrNO. The Morgan fingerprint density at radius 2 is 1.92 bits per heavy atom. The fraction of sp³-hybridized carbons (Fsp3) is 0.889. The van der Waals surface area contributed by atoms with E-state index in [1.54, 1.807) is 0 Å². The van der Waals surface area contributed by atoms with Gasteiger partial charge < -0.3 is 5.32 Å². The van der Waals surface area contributed by atoms with Crippen LogP contribution >= 0.6 is 15.9 Å². The lowest BCUT2D eigenvalue weighted by Crippen LogP contribution is -2.17. The number of fused-ring (bicyclic) bond motifs is 1. The minimum Gasteiger partial charge on any atom is -0.316 e. The van der Waals surface area contributed by atoms with Gasteiger partial charge in [0.05, 0.1) is 5.33 Å². The van der Waals surface area contributed by atoms with E-state index < -0.39 is 0 Å². The highest BCUT2D eigenvalue weighted by atomic mass is 79.9. The molecule has 1 aliphatic heterocycles. The first-order chi connectivity index (χ1) is 5.81. The number of halogens is 1. The van der Waals surface area contributed by atoms with Crippen molar-refractivity contribution in [3.63, 3.8) is 0 Å². The van der Waals surface area contributed by atoms with E-state index in [1.807, 2.05) is 0 Å². The summed E-state index contributed by atoms with van der Waals surface area (Å²) in [5.74, 6) is 2.35. The maximum atomic E-state index is 11.4. The van der Waals surface area contributed by atoms with E-state index in [-0.39, 0.29) is 0 Å². The number of hydrogen-bond donors (Lipinski definition) is 1. The summed E-state index contributed by atoms with van der Waals surface area (Å²) in [5.41, 5.74) is 0. The van der Waals surface area contributed by atoms with Crippen molar-refractivity contribution in [1.82, 2.24) is 5.32 Å². The Balaban J connectivity index is 1.94. The normalized spacial score (nSPS) is 39.9. The van der Waals surface area contributed by atoms with Crippen molar-refractivity contribution in [3.8, 4) is 0 Å². The van der Waals surface area contributed by atoms with E-state index in [9.17, 15) is 4.79 Å². The van der Waals surface area contributed by atoms with Crippen LogP contribution in [0.2, 0.25) is 0 Å². The fourth-order valence-corrected chi connectivity index (χ4v) is 3.00. The fourth-order valence-electron chi connectivity index (χ4n) is 2.54. The van der Waals surface area contributed by atoms with Gasteiger partial charge in [0.25, 0.3) is 0 Å². The molecule has 2 aliphatic rings. The molecule has 0 spiro atoms. The average molecular weight is 232 g/mol. The van der Waals surface area contributed by atoms with Gasteiger partial charge in [-0.3, -0.25) is 4.79 Å². The second kappa shape index (κ2) is 3.46. The number of Topliss-reactive ketones (excluding diaryl/α,β-unsaturated/α-hetero) is 1. The Labute approximate surface area is 81.2 Å². The minimum absolute atomic E-state index is 0.362. The molecule has 1 saturated heterocycles. The molecule has 2 nitrogen and oxygen atoms in total. The second-order valence-electron chi connectivity index (χ2n) is 3.95. The molecular weight excluding hydrogens is 218 g/mol. The molecule has 0 aromatic heterocycles. The van der Waals surface area contributed by atoms with Crippen LogP contribution in [-0.4, -0.2) is 24.2 Å². The lowest BCUT2D eigenvalue weighted by Gasteiger charge is -2.06. The van der Waals surface area contributed by atoms with Gasteiger partial charge in [-0.1, -0.05) is 15.9 Å². The molecule has 12 heavy (non-hydrogen) atoms. The SMILES string of the molecule is O=C(CBr)C1CC2CNCC2C1. The summed E-state index contributed by atoms with van der Waals surface area (Å²) < 4.78 is 0. The molecule has 68 valence electrons. The monoisotopic (exact) mass is 231 g/mol. The van der Waals surface area contributed by atoms with Gasteiger partial charge in [0.2, 0.25) is 0 Å². The molecule has 2 unspecified atom stereocenters. The Bertz CT molecular complexity index is 183. The zero-order chi connectivity index (χ0) is 8.55. The molecule has 1 heterocycles. The standard InChI is InChI=1S/C9H14BrNO/c10-3-9(12)6-1-7-4-11-5-8(7)2-6/h6-8,11H,1-5H2. The molecule has 2 atom stereocenters. The van der Waals surface area contributed by atoms with E-state index in [1.165, 1.54) is 0 Å². The quantitative estimate of drug-likeness (QED) is 0.725. The number of carbonyl (C=O) groups is 1. The third-order valence-corrected chi connectivity index (χ3v) is 3.79. The molecule has 1 saturated carbocycles. The van der Waals surface area contributed by atoms with Crippen LogP contribution < -0.4 is 5.32 Å². The van der Waals surface area contributed by atoms with Crippen molar-refractivity contribution >= 4 is 21.7 Å². The van der Waals surface area contributed by atoms with Gasteiger partial charge in [-0.15, -0.1) is 0 Å². The summed E-state index contributed by atoms with van der Waals surface area (Å²) >= 11 is 3.24. The van der Waals surface area contributed by atoms with Gasteiger partial charge in [-0.2, -0.15) is 0 Å². The zero-order valence-corrected chi connectivity index (χ0v) is 8.64. The Hall–Kier alpha value is 0.110. The predicted molar refractivity (Wildman–Crippen MR) is 51.4 cm³/mol. The molecule has 1 N–H and O–H groups in total. The third kappa shape index (κ3) is 1.44. The molecule has 0 radical (unpaired) electrons. The highest BCUT2D eigenvalue weighted by Gasteiger charge is 2.39. The highest BCUT2D eigenvalue weighted by molar-refractivity contribution is 9.09.